The molecule has 0 aliphatic carbocycles. The van der Waals surface area contributed by atoms with Crippen molar-refractivity contribution in [2.24, 2.45) is 4.99 Å². The van der Waals surface area contributed by atoms with E-state index in [2.05, 4.69) is 4.99 Å². The summed E-state index contributed by atoms with van der Waals surface area (Å²) >= 11 is 0. The van der Waals surface area contributed by atoms with Gasteiger partial charge in [0.25, 0.3) is 0 Å². The Morgan fingerprint density at radius 1 is 1.17 bits per heavy atom. The van der Waals surface area contributed by atoms with Crippen molar-refractivity contribution in [1.82, 2.24) is 4.90 Å². The van der Waals surface area contributed by atoms with Gasteiger partial charge in [0, 0.05) is 19.2 Å². The predicted octanol–water partition coefficient (Wildman–Crippen LogP) is 0.526. The predicted molar refractivity (Wildman–Crippen MR) is 67.7 cm³/mol. The monoisotopic (exact) mass is 254 g/mol. The fourth-order valence-electron chi connectivity index (χ4n) is 1.13. The molecule has 0 unspecified atom stereocenters. The van der Waals surface area contributed by atoms with E-state index >= 15 is 0 Å². The van der Waals surface area contributed by atoms with Gasteiger partial charge in [0.1, 0.15) is 5.71 Å². The molecule has 0 bridgehead atoms. The Balaban J connectivity index is 5.06. The van der Waals surface area contributed by atoms with Gasteiger partial charge >= 0.3 is 5.97 Å². The quantitative estimate of drug-likeness (QED) is 0.310. The van der Waals surface area contributed by atoms with Crippen molar-refractivity contribution in [2.45, 2.75) is 20.3 Å². The molecule has 0 aliphatic rings. The van der Waals surface area contributed by atoms with Gasteiger partial charge in [-0.15, -0.1) is 0 Å². The fraction of sp³-hybridized carbons (Fsp3) is 0.500. The summed E-state index contributed by atoms with van der Waals surface area (Å²) in [5.41, 5.74) is -0.178. The van der Waals surface area contributed by atoms with Gasteiger partial charge in [-0.3, -0.25) is 14.6 Å². The van der Waals surface area contributed by atoms with Gasteiger partial charge in [-0.1, -0.05) is 0 Å². The van der Waals surface area contributed by atoms with Crippen molar-refractivity contribution >= 4 is 23.2 Å². The first-order valence-corrected chi connectivity index (χ1v) is 5.42. The minimum Gasteiger partial charge on any atom is -0.477 e. The Hall–Kier alpha value is -1.82. The molecule has 6 heteroatoms. The molecule has 0 rings (SSSR count). The van der Waals surface area contributed by atoms with E-state index in [1.54, 1.807) is 0 Å². The second-order valence-electron chi connectivity index (χ2n) is 4.09. The lowest BCUT2D eigenvalue weighted by atomic mass is 10.1. The highest BCUT2D eigenvalue weighted by atomic mass is 16.4. The molecule has 6 nitrogen and oxygen atoms in total. The highest BCUT2D eigenvalue weighted by molar-refractivity contribution is 6.36. The third-order valence-corrected chi connectivity index (χ3v) is 2.15. The Morgan fingerprint density at radius 2 is 1.67 bits per heavy atom. The Kier molecular flexibility index (Phi) is 6.74. The van der Waals surface area contributed by atoms with E-state index < -0.39 is 17.5 Å². The molecule has 0 aliphatic heterocycles. The number of carbonyl (C=O) groups is 3. The van der Waals surface area contributed by atoms with Gasteiger partial charge in [0.2, 0.25) is 0 Å². The van der Waals surface area contributed by atoms with Crippen LogP contribution in [-0.2, 0) is 14.4 Å². The maximum Gasteiger partial charge on any atom is 0.350 e. The summed E-state index contributed by atoms with van der Waals surface area (Å²) in [5.74, 6) is -2.01. The average Bonchev–Trinajstić information content (AvgIpc) is 2.20. The third-order valence-electron chi connectivity index (χ3n) is 2.15. The SMILES string of the molecule is CC(=O)C(=CN=C(CCN(C)C)C(=O)O)C(C)=O. The Morgan fingerprint density at radius 3 is 2.00 bits per heavy atom. The molecule has 0 saturated heterocycles. The lowest BCUT2D eigenvalue weighted by Crippen LogP contribution is -2.21. The number of aliphatic imine (C=N–C) groups is 1. The zero-order chi connectivity index (χ0) is 14.3. The summed E-state index contributed by atoms with van der Waals surface area (Å²) in [5, 5.41) is 8.93. The standard InChI is InChI=1S/C12H18N2O4/c1-8(15)10(9(2)16)7-13-11(12(17)18)5-6-14(3)4/h7H,5-6H2,1-4H3,(H,17,18). The molecule has 0 amide bonds. The van der Waals surface area contributed by atoms with Gasteiger partial charge in [0.15, 0.2) is 11.6 Å². The summed E-state index contributed by atoms with van der Waals surface area (Å²) in [6.07, 6.45) is 1.27. The van der Waals surface area contributed by atoms with Crippen LogP contribution in [0.4, 0.5) is 0 Å². The zero-order valence-corrected chi connectivity index (χ0v) is 11.1. The average molecular weight is 254 g/mol. The van der Waals surface area contributed by atoms with E-state index in [0.717, 1.165) is 6.20 Å². The van der Waals surface area contributed by atoms with E-state index in [4.69, 9.17) is 5.11 Å². The van der Waals surface area contributed by atoms with Crippen LogP contribution in [0.15, 0.2) is 16.8 Å². The number of Topliss-reactive ketones (excluding diaryl/α,β-unsaturated/α-hetero) is 2. The lowest BCUT2D eigenvalue weighted by Gasteiger charge is -2.08. The van der Waals surface area contributed by atoms with Crippen LogP contribution < -0.4 is 0 Å². The Labute approximate surface area is 106 Å². The number of allylic oxidation sites excluding steroid dienone is 1. The number of aliphatic carboxylic acids is 1. The zero-order valence-electron chi connectivity index (χ0n) is 11.1. The number of hydrogen-bond acceptors (Lipinski definition) is 5. The molecule has 0 atom stereocenters. The fourth-order valence-corrected chi connectivity index (χ4v) is 1.13. The molecule has 0 radical (unpaired) electrons. The molecular formula is C12H18N2O4. The van der Waals surface area contributed by atoms with Crippen LogP contribution in [-0.4, -0.2) is 53.9 Å². The molecule has 18 heavy (non-hydrogen) atoms. The lowest BCUT2D eigenvalue weighted by molar-refractivity contribution is -0.129. The van der Waals surface area contributed by atoms with Crippen LogP contribution in [0.5, 0.6) is 0 Å². The van der Waals surface area contributed by atoms with E-state index in [0.29, 0.717) is 6.54 Å². The number of carboxylic acid groups (broad SMARTS) is 1. The van der Waals surface area contributed by atoms with E-state index in [9.17, 15) is 14.4 Å². The molecule has 100 valence electrons. The number of carboxylic acids is 1. The van der Waals surface area contributed by atoms with Crippen molar-refractivity contribution in [2.75, 3.05) is 20.6 Å². The summed E-state index contributed by atoms with van der Waals surface area (Å²) < 4.78 is 0. The maximum absolute atomic E-state index is 11.1. The molecular weight excluding hydrogens is 236 g/mol. The molecule has 0 aromatic heterocycles. The topological polar surface area (TPSA) is 87.0 Å². The number of carbonyl (C=O) groups excluding carboxylic acids is 2. The molecule has 0 aromatic rings. The van der Waals surface area contributed by atoms with E-state index in [1.165, 1.54) is 13.8 Å². The normalized spacial score (nSPS) is 11.3. The van der Waals surface area contributed by atoms with Gasteiger partial charge in [-0.25, -0.2) is 4.79 Å². The van der Waals surface area contributed by atoms with Gasteiger partial charge < -0.3 is 10.0 Å². The Bertz CT molecular complexity index is 392. The summed E-state index contributed by atoms with van der Waals surface area (Å²) in [6.45, 7) is 3.00. The first kappa shape index (κ1) is 16.2. The molecule has 0 spiro atoms. The number of hydrogen-bond donors (Lipinski definition) is 1. The van der Waals surface area contributed by atoms with Crippen LogP contribution in [0.3, 0.4) is 0 Å². The molecule has 0 aromatic carbocycles. The molecule has 0 saturated carbocycles. The van der Waals surface area contributed by atoms with Crippen LogP contribution in [0, 0.1) is 0 Å². The van der Waals surface area contributed by atoms with Crippen molar-refractivity contribution in [1.29, 1.82) is 0 Å². The minimum absolute atomic E-state index is 0.0799. The van der Waals surface area contributed by atoms with Crippen molar-refractivity contribution in [3.63, 3.8) is 0 Å². The largest absolute Gasteiger partial charge is 0.477 e. The second kappa shape index (κ2) is 7.50. The minimum atomic E-state index is -1.15. The molecule has 0 heterocycles. The highest BCUT2D eigenvalue weighted by Crippen LogP contribution is 2.00. The van der Waals surface area contributed by atoms with Crippen molar-refractivity contribution in [3.05, 3.63) is 11.8 Å². The van der Waals surface area contributed by atoms with Gasteiger partial charge in [-0.05, 0) is 27.9 Å². The van der Waals surface area contributed by atoms with Crippen molar-refractivity contribution < 1.29 is 19.5 Å². The van der Waals surface area contributed by atoms with Crippen LogP contribution in [0.25, 0.3) is 0 Å². The van der Waals surface area contributed by atoms with Crippen LogP contribution in [0.1, 0.15) is 20.3 Å². The van der Waals surface area contributed by atoms with Crippen molar-refractivity contribution in [3.8, 4) is 0 Å². The summed E-state index contributed by atoms with van der Waals surface area (Å²) in [6, 6.07) is 0. The first-order chi connectivity index (χ1) is 8.25. The van der Waals surface area contributed by atoms with Crippen LogP contribution >= 0.6 is 0 Å². The van der Waals surface area contributed by atoms with E-state index in [-0.39, 0.29) is 17.7 Å². The maximum atomic E-state index is 11.1. The first-order valence-electron chi connectivity index (χ1n) is 5.42. The highest BCUT2D eigenvalue weighted by Gasteiger charge is 2.12. The molecule has 1 N–H and O–H groups in total. The smallest absolute Gasteiger partial charge is 0.350 e. The van der Waals surface area contributed by atoms with Gasteiger partial charge in [0.05, 0.1) is 5.57 Å². The number of nitrogens with zero attached hydrogens (tertiary/aromatic N) is 2. The second-order valence-corrected chi connectivity index (χ2v) is 4.09. The number of ketones is 2. The third kappa shape index (κ3) is 6.05. The van der Waals surface area contributed by atoms with E-state index in [1.807, 2.05) is 19.0 Å². The van der Waals surface area contributed by atoms with Crippen LogP contribution in [0.2, 0.25) is 0 Å². The summed E-state index contributed by atoms with van der Waals surface area (Å²) in [7, 11) is 3.62. The molecule has 0 fully saturated rings. The van der Waals surface area contributed by atoms with Gasteiger partial charge in [-0.2, -0.15) is 0 Å². The number of rotatable bonds is 7. The summed E-state index contributed by atoms with van der Waals surface area (Å²) in [4.78, 5) is 38.7.